The molecule has 0 radical (unpaired) electrons. The Balaban J connectivity index is 1.15. The van der Waals surface area contributed by atoms with Crippen LogP contribution in [0.25, 0.3) is 11.0 Å². The molecule has 0 aliphatic carbocycles. The van der Waals surface area contributed by atoms with Gasteiger partial charge in [0, 0.05) is 31.8 Å². The lowest BCUT2D eigenvalue weighted by Crippen LogP contribution is -2.33. The Labute approximate surface area is 189 Å². The molecule has 2 amide bonds. The number of alkyl halides is 3. The number of likely N-dealkylation sites (tertiary alicyclic amines) is 1. The summed E-state index contributed by atoms with van der Waals surface area (Å²) in [6.45, 7) is 1.03. The maximum absolute atomic E-state index is 12.8. The Morgan fingerprint density at radius 1 is 1.12 bits per heavy atom. The molecule has 0 spiro atoms. The van der Waals surface area contributed by atoms with Crippen LogP contribution in [-0.4, -0.2) is 68.2 Å². The van der Waals surface area contributed by atoms with Crippen LogP contribution in [0.15, 0.2) is 48.3 Å². The van der Waals surface area contributed by atoms with Gasteiger partial charge in [0.1, 0.15) is 29.1 Å². The van der Waals surface area contributed by atoms with E-state index in [9.17, 15) is 22.8 Å². The zero-order valence-electron chi connectivity index (χ0n) is 17.5. The number of halogens is 3. The van der Waals surface area contributed by atoms with Gasteiger partial charge in [-0.05, 0) is 29.3 Å². The maximum Gasteiger partial charge on any atom is 0.573 e. The number of rotatable bonds is 4. The van der Waals surface area contributed by atoms with Gasteiger partial charge < -0.3 is 19.3 Å². The number of ether oxygens (including phenoxy) is 2. The van der Waals surface area contributed by atoms with Crippen LogP contribution in [0.2, 0.25) is 0 Å². The molecule has 13 heteroatoms. The predicted molar refractivity (Wildman–Crippen MR) is 109 cm³/mol. The van der Waals surface area contributed by atoms with E-state index in [0.29, 0.717) is 36.2 Å². The minimum absolute atomic E-state index is 0.00826. The minimum atomic E-state index is -4.77. The fourth-order valence-corrected chi connectivity index (χ4v) is 3.92. The van der Waals surface area contributed by atoms with Crippen molar-refractivity contribution in [1.82, 2.24) is 30.2 Å². The summed E-state index contributed by atoms with van der Waals surface area (Å²) in [4.78, 5) is 32.5. The second-order valence-electron chi connectivity index (χ2n) is 7.87. The van der Waals surface area contributed by atoms with E-state index in [1.807, 2.05) is 0 Å². The van der Waals surface area contributed by atoms with Crippen LogP contribution >= 0.6 is 0 Å². The number of aromatic nitrogens is 4. The number of pyridine rings is 1. The average Bonchev–Trinajstić information content (AvgIpc) is 3.51. The Kier molecular flexibility index (Phi) is 5.30. The lowest BCUT2D eigenvalue weighted by atomic mass is 10.1. The fraction of sp³-hybridized carbons (Fsp3) is 0.286. The first kappa shape index (κ1) is 21.7. The predicted octanol–water partition coefficient (Wildman–Crippen LogP) is 2.86. The number of carbonyl (C=O) groups is 2. The Hall–Kier alpha value is -4.16. The highest BCUT2D eigenvalue weighted by Crippen LogP contribution is 2.31. The standard InChI is InChI=1S/C21H17F3N6O4/c22-21(23,24)34-15-3-1-12(2-4-15)11-33-20(32)30-9-13-7-29(8-14(13)10-30)19(31)17-5-16-18(6-25-17)27-28-26-16/h1-7,14H,8-11H2,(H,26,27,28)/t14-/m0/s1. The normalized spacial score (nSPS) is 17.6. The smallest absolute Gasteiger partial charge is 0.445 e. The van der Waals surface area contributed by atoms with Gasteiger partial charge in [-0.15, -0.1) is 13.2 Å². The summed E-state index contributed by atoms with van der Waals surface area (Å²) in [5.41, 5.74) is 2.81. The molecule has 1 saturated heterocycles. The third-order valence-electron chi connectivity index (χ3n) is 5.54. The van der Waals surface area contributed by atoms with E-state index in [1.54, 1.807) is 17.2 Å². The van der Waals surface area contributed by atoms with Crippen molar-refractivity contribution in [1.29, 1.82) is 0 Å². The monoisotopic (exact) mass is 474 g/mol. The second kappa shape index (κ2) is 8.32. The van der Waals surface area contributed by atoms with E-state index in [0.717, 1.165) is 17.7 Å². The summed E-state index contributed by atoms with van der Waals surface area (Å²) in [5, 5.41) is 10.3. The van der Waals surface area contributed by atoms with Gasteiger partial charge in [0.2, 0.25) is 0 Å². The summed E-state index contributed by atoms with van der Waals surface area (Å²) >= 11 is 0. The van der Waals surface area contributed by atoms with Gasteiger partial charge in [0.05, 0.1) is 6.20 Å². The van der Waals surface area contributed by atoms with Crippen molar-refractivity contribution in [3.63, 3.8) is 0 Å². The molecule has 3 aromatic rings. The van der Waals surface area contributed by atoms with Crippen molar-refractivity contribution in [2.75, 3.05) is 19.6 Å². The van der Waals surface area contributed by atoms with E-state index in [1.165, 1.54) is 23.2 Å². The first-order chi connectivity index (χ1) is 16.2. The average molecular weight is 474 g/mol. The van der Waals surface area contributed by atoms with E-state index < -0.39 is 12.5 Å². The molecule has 0 unspecified atom stereocenters. The Morgan fingerprint density at radius 3 is 2.62 bits per heavy atom. The summed E-state index contributed by atoms with van der Waals surface area (Å²) < 4.78 is 45.8. The molecule has 10 nitrogen and oxygen atoms in total. The van der Waals surface area contributed by atoms with Gasteiger partial charge in [-0.2, -0.15) is 15.4 Å². The lowest BCUT2D eigenvalue weighted by molar-refractivity contribution is -0.274. The molecule has 1 fully saturated rings. The van der Waals surface area contributed by atoms with Crippen LogP contribution in [0.4, 0.5) is 18.0 Å². The number of aromatic amines is 1. The zero-order chi connectivity index (χ0) is 23.9. The molecule has 5 rings (SSSR count). The number of H-pyrrole nitrogens is 1. The molecule has 1 N–H and O–H groups in total. The van der Waals surface area contributed by atoms with Gasteiger partial charge >= 0.3 is 12.5 Å². The van der Waals surface area contributed by atoms with Crippen molar-refractivity contribution >= 4 is 23.0 Å². The molecule has 1 aromatic carbocycles. The van der Waals surface area contributed by atoms with Crippen molar-refractivity contribution in [3.8, 4) is 5.75 Å². The van der Waals surface area contributed by atoms with Crippen molar-refractivity contribution in [3.05, 3.63) is 59.6 Å². The first-order valence-corrected chi connectivity index (χ1v) is 10.2. The molecule has 2 aliphatic heterocycles. The van der Waals surface area contributed by atoms with Crippen LogP contribution in [0, 0.1) is 5.92 Å². The van der Waals surface area contributed by atoms with Gasteiger partial charge in [0.15, 0.2) is 0 Å². The third kappa shape index (κ3) is 4.49. The summed E-state index contributed by atoms with van der Waals surface area (Å²) in [7, 11) is 0. The lowest BCUT2D eigenvalue weighted by Gasteiger charge is -2.19. The molecule has 176 valence electrons. The first-order valence-electron chi connectivity index (χ1n) is 10.2. The minimum Gasteiger partial charge on any atom is -0.445 e. The number of hydrogen-bond donors (Lipinski definition) is 1. The van der Waals surface area contributed by atoms with Crippen LogP contribution in [0.5, 0.6) is 5.75 Å². The third-order valence-corrected chi connectivity index (χ3v) is 5.54. The Bertz CT molecular complexity index is 1270. The number of benzene rings is 1. The van der Waals surface area contributed by atoms with Crippen molar-refractivity contribution < 1.29 is 32.2 Å². The van der Waals surface area contributed by atoms with Crippen molar-refractivity contribution in [2.24, 2.45) is 5.92 Å². The molecule has 0 saturated carbocycles. The molecular weight excluding hydrogens is 457 g/mol. The number of nitrogens with zero attached hydrogens (tertiary/aromatic N) is 5. The van der Waals surface area contributed by atoms with Crippen LogP contribution in [0.1, 0.15) is 16.1 Å². The Morgan fingerprint density at radius 2 is 1.88 bits per heavy atom. The molecule has 2 aromatic heterocycles. The highest BCUT2D eigenvalue weighted by molar-refractivity contribution is 5.96. The second-order valence-corrected chi connectivity index (χ2v) is 7.87. The summed E-state index contributed by atoms with van der Waals surface area (Å²) in [6, 6.07) is 6.66. The highest BCUT2D eigenvalue weighted by atomic mass is 19.4. The molecular formula is C21H17F3N6O4. The van der Waals surface area contributed by atoms with Crippen LogP contribution in [0.3, 0.4) is 0 Å². The number of amides is 2. The van der Waals surface area contributed by atoms with E-state index in [2.05, 4.69) is 25.1 Å². The molecule has 4 heterocycles. The van der Waals surface area contributed by atoms with E-state index >= 15 is 0 Å². The molecule has 0 bridgehead atoms. The maximum atomic E-state index is 12.8. The van der Waals surface area contributed by atoms with Crippen molar-refractivity contribution in [2.45, 2.75) is 13.0 Å². The zero-order valence-corrected chi connectivity index (χ0v) is 17.5. The van der Waals surface area contributed by atoms with Gasteiger partial charge in [0.25, 0.3) is 5.91 Å². The SMILES string of the molecule is O=C(c1cc2n[nH]nc2cn1)N1C=C2CN(C(=O)OCc3ccc(OC(F)(F)F)cc3)C[C@@H]2C1. The fourth-order valence-electron chi connectivity index (χ4n) is 3.92. The highest BCUT2D eigenvalue weighted by Gasteiger charge is 2.38. The van der Waals surface area contributed by atoms with E-state index in [4.69, 9.17) is 4.74 Å². The van der Waals surface area contributed by atoms with Crippen LogP contribution in [-0.2, 0) is 11.3 Å². The van der Waals surface area contributed by atoms with Gasteiger partial charge in [-0.3, -0.25) is 4.79 Å². The van der Waals surface area contributed by atoms with Gasteiger partial charge in [-0.1, -0.05) is 12.1 Å². The molecule has 34 heavy (non-hydrogen) atoms. The van der Waals surface area contributed by atoms with Gasteiger partial charge in [-0.25, -0.2) is 9.78 Å². The number of nitrogens with one attached hydrogen (secondary N) is 1. The van der Waals surface area contributed by atoms with Crippen LogP contribution < -0.4 is 4.74 Å². The quantitative estimate of drug-likeness (QED) is 0.619. The molecule has 1 atom stereocenters. The number of fused-ring (bicyclic) bond motifs is 2. The topological polar surface area (TPSA) is 114 Å². The number of carbonyl (C=O) groups excluding carboxylic acids is 2. The largest absolute Gasteiger partial charge is 0.573 e. The molecule has 2 aliphatic rings. The van der Waals surface area contributed by atoms with E-state index in [-0.39, 0.29) is 29.9 Å². The summed E-state index contributed by atoms with van der Waals surface area (Å²) in [5.74, 6) is -0.623. The number of hydrogen-bond acceptors (Lipinski definition) is 7. The summed E-state index contributed by atoms with van der Waals surface area (Å²) in [6.07, 6.45) is -2.10.